The smallest absolute Gasteiger partial charge is 0.422 e. The number of nitrogens with zero attached hydrogens (tertiary/aromatic N) is 1. The summed E-state index contributed by atoms with van der Waals surface area (Å²) in [5.74, 6) is -0.701. The molecular weight excluding hydrogens is 322 g/mol. The van der Waals surface area contributed by atoms with Gasteiger partial charge in [0.25, 0.3) is 0 Å². The first-order valence-corrected chi connectivity index (χ1v) is 6.43. The van der Waals surface area contributed by atoms with Gasteiger partial charge in [0.1, 0.15) is 11.6 Å². The predicted molar refractivity (Wildman–Crippen MR) is 73.0 cm³/mol. The van der Waals surface area contributed by atoms with Crippen LogP contribution in [0.15, 0.2) is 30.7 Å². The van der Waals surface area contributed by atoms with Crippen molar-refractivity contribution < 1.29 is 32.2 Å². The molecule has 1 rings (SSSR count). The van der Waals surface area contributed by atoms with E-state index in [0.29, 0.717) is 12.3 Å². The molecule has 0 bridgehead atoms. The molecule has 0 saturated carbocycles. The highest BCUT2D eigenvalue weighted by molar-refractivity contribution is 5.88. The number of aliphatic hydroxyl groups is 1. The van der Waals surface area contributed by atoms with Crippen molar-refractivity contribution in [3.63, 3.8) is 0 Å². The van der Waals surface area contributed by atoms with Crippen molar-refractivity contribution in [2.45, 2.75) is 18.7 Å². The Morgan fingerprint density at radius 3 is 2.65 bits per heavy atom. The molecule has 0 aromatic carbocycles. The van der Waals surface area contributed by atoms with E-state index in [4.69, 9.17) is 0 Å². The Kier molecular flexibility index (Phi) is 6.31. The van der Waals surface area contributed by atoms with Gasteiger partial charge in [0.15, 0.2) is 5.60 Å². The maximum atomic E-state index is 12.9. The third kappa shape index (κ3) is 5.74. The molecule has 0 aliphatic heterocycles. The van der Waals surface area contributed by atoms with Crippen molar-refractivity contribution >= 4 is 11.8 Å². The summed E-state index contributed by atoms with van der Waals surface area (Å²) in [5, 5.41) is 13.6. The van der Waals surface area contributed by atoms with Gasteiger partial charge in [0, 0.05) is 0 Å². The average molecular weight is 337 g/mol. The highest BCUT2D eigenvalue weighted by Crippen LogP contribution is 2.31. The van der Waals surface area contributed by atoms with Crippen LogP contribution in [-0.4, -0.2) is 41.1 Å². The number of halogens is 4. The minimum atomic E-state index is -5.03. The molecule has 0 spiro atoms. The second kappa shape index (κ2) is 7.77. The molecule has 0 radical (unpaired) electrons. The zero-order valence-corrected chi connectivity index (χ0v) is 12.0. The number of anilines is 1. The number of carbonyl (C=O) groups excluding carboxylic acids is 1. The molecule has 3 N–H and O–H groups in total. The maximum absolute atomic E-state index is 12.9. The third-order valence-electron chi connectivity index (χ3n) is 2.58. The number of pyridine rings is 1. The topological polar surface area (TPSA) is 83.5 Å². The lowest BCUT2D eigenvalue weighted by molar-refractivity contribution is -0.237. The van der Waals surface area contributed by atoms with Gasteiger partial charge in [0.2, 0.25) is 0 Å². The van der Waals surface area contributed by atoms with Gasteiger partial charge in [-0.3, -0.25) is 5.32 Å². The minimum absolute atomic E-state index is 0.0655. The Balaban J connectivity index is 2.66. The highest BCUT2D eigenvalue weighted by atomic mass is 19.4. The lowest BCUT2D eigenvalue weighted by atomic mass is 10.0. The number of rotatable bonds is 6. The number of amides is 2. The zero-order valence-electron chi connectivity index (χ0n) is 12.0. The second-order valence-electron chi connectivity index (χ2n) is 4.35. The van der Waals surface area contributed by atoms with Crippen molar-refractivity contribution in [1.82, 2.24) is 10.3 Å². The maximum Gasteiger partial charge on any atom is 0.422 e. The van der Waals surface area contributed by atoms with Crippen LogP contribution in [0.3, 0.4) is 0 Å². The fourth-order valence-corrected chi connectivity index (χ4v) is 1.34. The van der Waals surface area contributed by atoms with Crippen molar-refractivity contribution in [2.24, 2.45) is 0 Å². The van der Waals surface area contributed by atoms with E-state index in [0.717, 1.165) is 18.3 Å². The summed E-state index contributed by atoms with van der Waals surface area (Å²) in [6, 6.07) is 1.09. The first-order valence-electron chi connectivity index (χ1n) is 6.43. The number of hydrogen-bond acceptors (Lipinski definition) is 4. The molecular formula is C13H15F4N3O3. The number of alkyl halides is 3. The van der Waals surface area contributed by atoms with Gasteiger partial charge < -0.3 is 15.2 Å². The highest BCUT2D eigenvalue weighted by Gasteiger charge is 2.52. The van der Waals surface area contributed by atoms with Crippen LogP contribution in [0.4, 0.5) is 28.2 Å². The Hall–Kier alpha value is -2.36. The van der Waals surface area contributed by atoms with Crippen molar-refractivity contribution in [1.29, 1.82) is 0 Å². The largest absolute Gasteiger partial charge is 0.502 e. The molecule has 0 saturated heterocycles. The summed E-state index contributed by atoms with van der Waals surface area (Å²) >= 11 is 0. The molecule has 128 valence electrons. The SMILES string of the molecule is CCO/C=C/C(O)(CNC(=O)Nc1ccc(F)cn1)C(F)(F)F. The number of aromatic nitrogens is 1. The van der Waals surface area contributed by atoms with Crippen LogP contribution in [0.1, 0.15) is 6.92 Å². The molecule has 1 atom stereocenters. The molecule has 1 heterocycles. The van der Waals surface area contributed by atoms with E-state index >= 15 is 0 Å². The molecule has 1 unspecified atom stereocenters. The van der Waals surface area contributed by atoms with Gasteiger partial charge in [-0.15, -0.1) is 0 Å². The first-order chi connectivity index (χ1) is 10.7. The van der Waals surface area contributed by atoms with Gasteiger partial charge >= 0.3 is 12.2 Å². The average Bonchev–Trinajstić information content (AvgIpc) is 2.47. The summed E-state index contributed by atoms with van der Waals surface area (Å²) < 4.78 is 55.9. The van der Waals surface area contributed by atoms with Crippen molar-refractivity contribution in [2.75, 3.05) is 18.5 Å². The lowest BCUT2D eigenvalue weighted by Gasteiger charge is -2.27. The van der Waals surface area contributed by atoms with Crippen LogP contribution < -0.4 is 10.6 Å². The number of nitrogens with one attached hydrogen (secondary N) is 2. The number of urea groups is 1. The van der Waals surface area contributed by atoms with E-state index in [1.807, 2.05) is 5.32 Å². The van der Waals surface area contributed by atoms with Crippen LogP contribution in [0, 0.1) is 5.82 Å². The second-order valence-corrected chi connectivity index (χ2v) is 4.35. The molecule has 0 aliphatic rings. The normalized spacial score (nSPS) is 14.3. The Morgan fingerprint density at radius 2 is 2.13 bits per heavy atom. The van der Waals surface area contributed by atoms with E-state index in [1.54, 1.807) is 6.92 Å². The van der Waals surface area contributed by atoms with E-state index in [2.05, 4.69) is 15.0 Å². The molecule has 23 heavy (non-hydrogen) atoms. The molecule has 10 heteroatoms. The van der Waals surface area contributed by atoms with Crippen LogP contribution in [-0.2, 0) is 4.74 Å². The molecule has 1 aromatic heterocycles. The Morgan fingerprint density at radius 1 is 1.43 bits per heavy atom. The third-order valence-corrected chi connectivity index (χ3v) is 2.58. The quantitative estimate of drug-likeness (QED) is 0.549. The zero-order chi connectivity index (χ0) is 17.5. The van der Waals surface area contributed by atoms with E-state index in [9.17, 15) is 27.5 Å². The number of ether oxygens (including phenoxy) is 1. The summed E-state index contributed by atoms with van der Waals surface area (Å²) in [6.45, 7) is 0.528. The van der Waals surface area contributed by atoms with E-state index in [1.165, 1.54) is 0 Å². The van der Waals surface area contributed by atoms with Crippen LogP contribution in [0.2, 0.25) is 0 Å². The molecule has 1 aromatic rings. The minimum Gasteiger partial charge on any atom is -0.502 e. The summed E-state index contributed by atoms with van der Waals surface area (Å²) in [4.78, 5) is 15.0. The molecule has 0 aliphatic carbocycles. The number of hydrogen-bond donors (Lipinski definition) is 3. The van der Waals surface area contributed by atoms with E-state index in [-0.39, 0.29) is 12.4 Å². The summed E-state index contributed by atoms with van der Waals surface area (Å²) in [5.41, 5.74) is -3.30. The summed E-state index contributed by atoms with van der Waals surface area (Å²) in [7, 11) is 0. The van der Waals surface area contributed by atoms with Crippen molar-refractivity contribution in [3.05, 3.63) is 36.5 Å². The van der Waals surface area contributed by atoms with Crippen LogP contribution in [0.25, 0.3) is 0 Å². The number of carbonyl (C=O) groups is 1. The lowest BCUT2D eigenvalue weighted by Crippen LogP contribution is -2.52. The van der Waals surface area contributed by atoms with Crippen LogP contribution >= 0.6 is 0 Å². The Bertz CT molecular complexity index is 548. The predicted octanol–water partition coefficient (Wildman–Crippen LogP) is 2.19. The van der Waals surface area contributed by atoms with Gasteiger partial charge in [-0.1, -0.05) is 0 Å². The molecule has 0 fully saturated rings. The fraction of sp³-hybridized carbons (Fsp3) is 0.385. The fourth-order valence-electron chi connectivity index (χ4n) is 1.34. The van der Waals surface area contributed by atoms with E-state index < -0.39 is 30.2 Å². The van der Waals surface area contributed by atoms with Crippen LogP contribution in [0.5, 0.6) is 0 Å². The monoisotopic (exact) mass is 337 g/mol. The molecule has 6 nitrogen and oxygen atoms in total. The standard InChI is InChI=1S/C13H15F4N3O3/c1-2-23-6-5-12(22,13(15,16)17)8-19-11(21)20-10-4-3-9(14)7-18-10/h3-7,22H,2,8H2,1H3,(H2,18,19,20,21)/b6-5+. The van der Waals surface area contributed by atoms with Gasteiger partial charge in [-0.05, 0) is 25.1 Å². The Labute approximate surface area is 129 Å². The van der Waals surface area contributed by atoms with Gasteiger partial charge in [0.05, 0.1) is 25.6 Å². The van der Waals surface area contributed by atoms with Gasteiger partial charge in [-0.2, -0.15) is 13.2 Å². The molecule has 2 amide bonds. The van der Waals surface area contributed by atoms with Crippen molar-refractivity contribution in [3.8, 4) is 0 Å². The first kappa shape index (κ1) is 18.7. The van der Waals surface area contributed by atoms with Gasteiger partial charge in [-0.25, -0.2) is 14.2 Å². The summed E-state index contributed by atoms with van der Waals surface area (Å²) in [6.07, 6.45) is -3.10.